The number of hydrogen-bond acceptors (Lipinski definition) is 5. The summed E-state index contributed by atoms with van der Waals surface area (Å²) in [5.41, 5.74) is 0. The van der Waals surface area contributed by atoms with Crippen LogP contribution in [0, 0.1) is 0 Å². The van der Waals surface area contributed by atoms with E-state index in [2.05, 4.69) is 11.0 Å². The van der Waals surface area contributed by atoms with Crippen LogP contribution in [-0.4, -0.2) is 35.3 Å². The van der Waals surface area contributed by atoms with Gasteiger partial charge in [0.25, 0.3) is 0 Å². The molecule has 3 rings (SSSR count). The van der Waals surface area contributed by atoms with Gasteiger partial charge in [-0.15, -0.1) is 11.3 Å². The van der Waals surface area contributed by atoms with Gasteiger partial charge >= 0.3 is 0 Å². The molecule has 2 aromatic heterocycles. The zero-order chi connectivity index (χ0) is 15.9. The summed E-state index contributed by atoms with van der Waals surface area (Å²) in [4.78, 5) is 3.55. The van der Waals surface area contributed by atoms with E-state index in [4.69, 9.17) is 9.15 Å². The van der Waals surface area contributed by atoms with E-state index < -0.39 is 6.10 Å². The van der Waals surface area contributed by atoms with E-state index in [9.17, 15) is 5.11 Å². The van der Waals surface area contributed by atoms with Crippen molar-refractivity contribution in [1.29, 1.82) is 0 Å². The molecule has 0 spiro atoms. The lowest BCUT2D eigenvalue weighted by Gasteiger charge is -2.30. The lowest BCUT2D eigenvalue weighted by molar-refractivity contribution is 0.000174. The highest BCUT2D eigenvalue weighted by atomic mass is 32.1. The minimum absolute atomic E-state index is 0.374. The van der Waals surface area contributed by atoms with Gasteiger partial charge in [0, 0.05) is 17.5 Å². The SMILES string of the molecule is OC(COCc1cccs1)CN(Cc1ccco1)C1CCCC1. The van der Waals surface area contributed by atoms with Crippen LogP contribution in [0.15, 0.2) is 40.3 Å². The molecule has 5 heteroatoms. The second-order valence-electron chi connectivity index (χ2n) is 6.20. The van der Waals surface area contributed by atoms with Gasteiger partial charge in [-0.25, -0.2) is 0 Å². The van der Waals surface area contributed by atoms with Crippen LogP contribution in [0.1, 0.15) is 36.3 Å². The molecule has 0 aromatic carbocycles. The number of ether oxygens (including phenoxy) is 1. The zero-order valence-electron chi connectivity index (χ0n) is 13.4. The van der Waals surface area contributed by atoms with Crippen LogP contribution in [0.3, 0.4) is 0 Å². The Morgan fingerprint density at radius 1 is 1.30 bits per heavy atom. The number of nitrogens with zero attached hydrogens (tertiary/aromatic N) is 1. The second-order valence-corrected chi connectivity index (χ2v) is 7.23. The molecule has 2 heterocycles. The van der Waals surface area contributed by atoms with E-state index in [-0.39, 0.29) is 0 Å². The number of aliphatic hydroxyl groups excluding tert-OH is 1. The van der Waals surface area contributed by atoms with Crippen molar-refractivity contribution in [3.8, 4) is 0 Å². The third-order valence-corrected chi connectivity index (χ3v) is 5.21. The van der Waals surface area contributed by atoms with Gasteiger partial charge in [0.05, 0.1) is 32.1 Å². The van der Waals surface area contributed by atoms with Gasteiger partial charge in [0.2, 0.25) is 0 Å². The maximum absolute atomic E-state index is 10.3. The fourth-order valence-corrected chi connectivity index (χ4v) is 3.87. The average molecular weight is 335 g/mol. The molecule has 2 aromatic rings. The molecular formula is C18H25NO3S. The normalized spacial score (nSPS) is 17.1. The fraction of sp³-hybridized carbons (Fsp3) is 0.556. The topological polar surface area (TPSA) is 45.8 Å². The van der Waals surface area contributed by atoms with Gasteiger partial charge in [-0.05, 0) is 36.4 Å². The Labute approximate surface area is 141 Å². The quantitative estimate of drug-likeness (QED) is 0.759. The summed E-state index contributed by atoms with van der Waals surface area (Å²) < 4.78 is 11.1. The van der Waals surface area contributed by atoms with Crippen molar-refractivity contribution in [3.63, 3.8) is 0 Å². The summed E-state index contributed by atoms with van der Waals surface area (Å²) >= 11 is 1.68. The summed E-state index contributed by atoms with van der Waals surface area (Å²) in [6.45, 7) is 2.35. The van der Waals surface area contributed by atoms with Gasteiger partial charge in [0.1, 0.15) is 5.76 Å². The number of hydrogen-bond donors (Lipinski definition) is 1. The number of thiophene rings is 1. The van der Waals surface area contributed by atoms with Gasteiger partial charge in [-0.1, -0.05) is 18.9 Å². The van der Waals surface area contributed by atoms with Crippen LogP contribution in [-0.2, 0) is 17.9 Å². The molecule has 23 heavy (non-hydrogen) atoms. The van der Waals surface area contributed by atoms with Crippen molar-refractivity contribution >= 4 is 11.3 Å². The molecule has 1 unspecified atom stereocenters. The minimum Gasteiger partial charge on any atom is -0.468 e. The van der Waals surface area contributed by atoms with E-state index in [0.717, 1.165) is 12.3 Å². The number of furan rings is 1. The predicted molar refractivity (Wildman–Crippen MR) is 91.4 cm³/mol. The first-order chi connectivity index (χ1) is 11.3. The molecule has 4 nitrogen and oxygen atoms in total. The van der Waals surface area contributed by atoms with Crippen molar-refractivity contribution < 1.29 is 14.3 Å². The monoisotopic (exact) mass is 335 g/mol. The number of rotatable bonds is 9. The van der Waals surface area contributed by atoms with Gasteiger partial charge < -0.3 is 14.3 Å². The van der Waals surface area contributed by atoms with Crippen LogP contribution >= 0.6 is 11.3 Å². The maximum atomic E-state index is 10.3. The Morgan fingerprint density at radius 3 is 2.87 bits per heavy atom. The average Bonchev–Trinajstić information content (AvgIpc) is 3.30. The summed E-state index contributed by atoms with van der Waals surface area (Å²) in [6, 6.07) is 8.54. The summed E-state index contributed by atoms with van der Waals surface area (Å²) in [5, 5.41) is 12.4. The van der Waals surface area contributed by atoms with Gasteiger partial charge in [-0.2, -0.15) is 0 Å². The molecule has 0 radical (unpaired) electrons. The Bertz CT molecular complexity index is 535. The highest BCUT2D eigenvalue weighted by Crippen LogP contribution is 2.25. The molecule has 0 amide bonds. The Hall–Kier alpha value is -1.14. The smallest absolute Gasteiger partial charge is 0.117 e. The third kappa shape index (κ3) is 5.18. The van der Waals surface area contributed by atoms with Crippen molar-refractivity contribution in [2.24, 2.45) is 0 Å². The Morgan fingerprint density at radius 2 is 2.17 bits per heavy atom. The van der Waals surface area contributed by atoms with E-state index in [1.807, 2.05) is 23.6 Å². The molecule has 1 atom stereocenters. The van der Waals surface area contributed by atoms with Crippen LogP contribution < -0.4 is 0 Å². The lowest BCUT2D eigenvalue weighted by Crippen LogP contribution is -2.40. The van der Waals surface area contributed by atoms with Crippen LogP contribution in [0.4, 0.5) is 0 Å². The summed E-state index contributed by atoms with van der Waals surface area (Å²) in [5.74, 6) is 0.962. The molecule has 0 bridgehead atoms. The first kappa shape index (κ1) is 16.7. The number of aliphatic hydroxyl groups is 1. The van der Waals surface area contributed by atoms with E-state index in [1.165, 1.54) is 30.6 Å². The van der Waals surface area contributed by atoms with Crippen LogP contribution in [0.2, 0.25) is 0 Å². The molecule has 0 aliphatic heterocycles. The largest absolute Gasteiger partial charge is 0.468 e. The molecule has 0 saturated heterocycles. The summed E-state index contributed by atoms with van der Waals surface area (Å²) in [6.07, 6.45) is 6.23. The standard InChI is InChI=1S/C18H25NO3S/c20-16(13-21-14-18-8-4-10-23-18)11-19(15-5-1-2-6-15)12-17-7-3-9-22-17/h3-4,7-10,15-16,20H,1-2,5-6,11-14H2. The molecule has 1 aliphatic rings. The molecule has 1 saturated carbocycles. The summed E-state index contributed by atoms with van der Waals surface area (Å²) in [7, 11) is 0. The molecule has 1 N–H and O–H groups in total. The van der Waals surface area contributed by atoms with Crippen molar-refractivity contribution in [3.05, 3.63) is 46.5 Å². The van der Waals surface area contributed by atoms with Gasteiger partial charge in [-0.3, -0.25) is 4.90 Å². The van der Waals surface area contributed by atoms with Crippen molar-refractivity contribution in [1.82, 2.24) is 4.90 Å². The van der Waals surface area contributed by atoms with Crippen LogP contribution in [0.5, 0.6) is 0 Å². The molecular weight excluding hydrogens is 310 g/mol. The fourth-order valence-electron chi connectivity index (χ4n) is 3.23. The zero-order valence-corrected chi connectivity index (χ0v) is 14.2. The first-order valence-electron chi connectivity index (χ1n) is 8.36. The highest BCUT2D eigenvalue weighted by Gasteiger charge is 2.25. The van der Waals surface area contributed by atoms with E-state index in [0.29, 0.717) is 25.8 Å². The minimum atomic E-state index is -0.467. The van der Waals surface area contributed by atoms with E-state index in [1.54, 1.807) is 17.6 Å². The van der Waals surface area contributed by atoms with Crippen LogP contribution in [0.25, 0.3) is 0 Å². The Balaban J connectivity index is 1.48. The predicted octanol–water partition coefficient (Wildman–Crippen LogP) is 3.66. The maximum Gasteiger partial charge on any atom is 0.117 e. The lowest BCUT2D eigenvalue weighted by atomic mass is 10.2. The Kier molecular flexibility index (Phi) is 6.28. The third-order valence-electron chi connectivity index (χ3n) is 4.36. The first-order valence-corrected chi connectivity index (χ1v) is 9.24. The van der Waals surface area contributed by atoms with Crippen molar-refractivity contribution in [2.45, 2.75) is 51.0 Å². The van der Waals surface area contributed by atoms with Gasteiger partial charge in [0.15, 0.2) is 0 Å². The molecule has 1 fully saturated rings. The van der Waals surface area contributed by atoms with E-state index >= 15 is 0 Å². The second kappa shape index (κ2) is 8.64. The van der Waals surface area contributed by atoms with Crippen molar-refractivity contribution in [2.75, 3.05) is 13.2 Å². The highest BCUT2D eigenvalue weighted by molar-refractivity contribution is 7.09. The molecule has 1 aliphatic carbocycles. The molecule has 126 valence electrons.